The molecule has 1 rings (SSSR count). The number of hydrogen-bond acceptors (Lipinski definition) is 2. The van der Waals surface area contributed by atoms with Crippen LogP contribution >= 0.6 is 11.8 Å². The van der Waals surface area contributed by atoms with Crippen LogP contribution in [0.25, 0.3) is 0 Å². The fourth-order valence-electron chi connectivity index (χ4n) is 1.36. The number of hydrogen-bond donors (Lipinski definition) is 1. The lowest BCUT2D eigenvalue weighted by Crippen LogP contribution is -2.43. The van der Waals surface area contributed by atoms with Gasteiger partial charge < -0.3 is 10.6 Å². The number of rotatable bonds is 3. The largest absolute Gasteiger partial charge is 0.370 e. The van der Waals surface area contributed by atoms with Gasteiger partial charge in [0.2, 0.25) is 0 Å². The molecule has 3 nitrogen and oxygen atoms in total. The molecule has 0 unspecified atom stereocenters. The van der Waals surface area contributed by atoms with Gasteiger partial charge in [0.05, 0.1) is 0 Å². The Bertz CT molecular complexity index is 243. The van der Waals surface area contributed by atoms with Gasteiger partial charge in [-0.3, -0.25) is 4.99 Å². The van der Waals surface area contributed by atoms with E-state index in [1.807, 2.05) is 11.8 Å². The number of aliphatic imine (C=N–C) groups is 1. The van der Waals surface area contributed by atoms with Crippen molar-refractivity contribution in [2.75, 3.05) is 31.1 Å². The van der Waals surface area contributed by atoms with Crippen molar-refractivity contribution >= 4 is 17.7 Å². The fourth-order valence-corrected chi connectivity index (χ4v) is 2.26. The van der Waals surface area contributed by atoms with Gasteiger partial charge in [-0.05, 0) is 11.3 Å². The molecule has 0 aromatic heterocycles. The highest BCUT2D eigenvalue weighted by molar-refractivity contribution is 7.99. The minimum absolute atomic E-state index is 0.231. The van der Waals surface area contributed by atoms with Crippen LogP contribution in [0.5, 0.6) is 0 Å². The minimum Gasteiger partial charge on any atom is -0.370 e. The predicted molar refractivity (Wildman–Crippen MR) is 74.0 cm³/mol. The van der Waals surface area contributed by atoms with Crippen molar-refractivity contribution in [3.05, 3.63) is 0 Å². The molecular formula is C12H25N3S. The molecule has 4 heteroatoms. The van der Waals surface area contributed by atoms with E-state index in [-0.39, 0.29) is 5.41 Å². The van der Waals surface area contributed by atoms with Gasteiger partial charge in [0.1, 0.15) is 0 Å². The normalized spacial score (nSPS) is 19.3. The molecule has 0 amide bonds. The van der Waals surface area contributed by atoms with Crippen molar-refractivity contribution in [2.24, 2.45) is 22.1 Å². The molecule has 0 bridgehead atoms. The Kier molecular flexibility index (Phi) is 4.96. The van der Waals surface area contributed by atoms with Gasteiger partial charge in [0.15, 0.2) is 5.96 Å². The van der Waals surface area contributed by atoms with Crippen LogP contribution in [-0.2, 0) is 0 Å². The number of thioether (sulfide) groups is 1. The molecule has 1 aliphatic heterocycles. The molecule has 94 valence electrons. The lowest BCUT2D eigenvalue weighted by Gasteiger charge is -2.30. The lowest BCUT2D eigenvalue weighted by molar-refractivity contribution is 0.260. The third kappa shape index (κ3) is 3.89. The molecule has 0 aliphatic carbocycles. The van der Waals surface area contributed by atoms with Crippen LogP contribution < -0.4 is 5.73 Å². The summed E-state index contributed by atoms with van der Waals surface area (Å²) in [7, 11) is 0. The van der Waals surface area contributed by atoms with Crippen molar-refractivity contribution < 1.29 is 0 Å². The Labute approximate surface area is 104 Å². The van der Waals surface area contributed by atoms with Gasteiger partial charge in [-0.15, -0.1) is 0 Å². The Morgan fingerprint density at radius 2 is 1.94 bits per heavy atom. The van der Waals surface area contributed by atoms with Gasteiger partial charge in [0, 0.05) is 31.1 Å². The average Bonchev–Trinajstić information content (AvgIpc) is 2.27. The molecule has 0 saturated carbocycles. The summed E-state index contributed by atoms with van der Waals surface area (Å²) in [5.41, 5.74) is 6.25. The molecule has 1 aliphatic rings. The van der Waals surface area contributed by atoms with Gasteiger partial charge in [-0.2, -0.15) is 11.8 Å². The number of nitrogens with zero attached hydrogens (tertiary/aromatic N) is 2. The SMILES string of the molecule is CC(C)C(C)(C)CN=C(N)N1CCSCC1. The zero-order valence-electron chi connectivity index (χ0n) is 11.0. The minimum atomic E-state index is 0.231. The van der Waals surface area contributed by atoms with E-state index in [9.17, 15) is 0 Å². The van der Waals surface area contributed by atoms with Gasteiger partial charge in [-0.25, -0.2) is 0 Å². The highest BCUT2D eigenvalue weighted by Crippen LogP contribution is 2.26. The zero-order valence-corrected chi connectivity index (χ0v) is 11.8. The summed E-state index contributed by atoms with van der Waals surface area (Å²) >= 11 is 1.99. The van der Waals surface area contributed by atoms with Crippen LogP contribution in [0.4, 0.5) is 0 Å². The Morgan fingerprint density at radius 3 is 2.44 bits per heavy atom. The first kappa shape index (κ1) is 13.7. The molecule has 1 fully saturated rings. The van der Waals surface area contributed by atoms with Crippen LogP contribution in [0.15, 0.2) is 4.99 Å². The first-order valence-corrected chi connectivity index (χ1v) is 7.21. The van der Waals surface area contributed by atoms with Crippen LogP contribution in [-0.4, -0.2) is 42.0 Å². The third-order valence-electron chi connectivity index (χ3n) is 3.55. The molecule has 16 heavy (non-hydrogen) atoms. The van der Waals surface area contributed by atoms with E-state index in [2.05, 4.69) is 37.6 Å². The molecule has 0 aromatic carbocycles. The Morgan fingerprint density at radius 1 is 1.38 bits per heavy atom. The molecular weight excluding hydrogens is 218 g/mol. The third-order valence-corrected chi connectivity index (χ3v) is 4.49. The summed E-state index contributed by atoms with van der Waals surface area (Å²) < 4.78 is 0. The van der Waals surface area contributed by atoms with E-state index in [4.69, 9.17) is 5.73 Å². The highest BCUT2D eigenvalue weighted by atomic mass is 32.2. The Hall–Kier alpha value is -0.380. The van der Waals surface area contributed by atoms with Gasteiger partial charge in [-0.1, -0.05) is 27.7 Å². The monoisotopic (exact) mass is 243 g/mol. The molecule has 0 aromatic rings. The summed E-state index contributed by atoms with van der Waals surface area (Å²) in [6.07, 6.45) is 0. The van der Waals surface area contributed by atoms with Crippen molar-refractivity contribution in [2.45, 2.75) is 27.7 Å². The molecule has 1 saturated heterocycles. The van der Waals surface area contributed by atoms with Gasteiger partial charge >= 0.3 is 0 Å². The average molecular weight is 243 g/mol. The maximum atomic E-state index is 6.02. The predicted octanol–water partition coefficient (Wildman–Crippen LogP) is 2.03. The molecule has 0 spiro atoms. The van der Waals surface area contributed by atoms with Crippen molar-refractivity contribution in [1.82, 2.24) is 4.90 Å². The van der Waals surface area contributed by atoms with Crippen LogP contribution in [0.1, 0.15) is 27.7 Å². The number of nitrogens with two attached hydrogens (primary N) is 1. The Balaban J connectivity index is 2.49. The van der Waals surface area contributed by atoms with Crippen molar-refractivity contribution in [1.29, 1.82) is 0 Å². The molecule has 0 atom stereocenters. The van der Waals surface area contributed by atoms with E-state index >= 15 is 0 Å². The standard InChI is InChI=1S/C12H25N3S/c1-10(2)12(3,4)9-14-11(13)15-5-7-16-8-6-15/h10H,5-9H2,1-4H3,(H2,13,14). The number of guanidine groups is 1. The van der Waals surface area contributed by atoms with Crippen LogP contribution in [0.2, 0.25) is 0 Å². The summed E-state index contributed by atoms with van der Waals surface area (Å²) in [6.45, 7) is 11.9. The summed E-state index contributed by atoms with van der Waals surface area (Å²) in [5, 5.41) is 0. The highest BCUT2D eigenvalue weighted by Gasteiger charge is 2.22. The first-order valence-electron chi connectivity index (χ1n) is 6.06. The summed E-state index contributed by atoms with van der Waals surface area (Å²) in [4.78, 5) is 6.75. The van der Waals surface area contributed by atoms with Crippen LogP contribution in [0, 0.1) is 11.3 Å². The maximum Gasteiger partial charge on any atom is 0.191 e. The topological polar surface area (TPSA) is 41.6 Å². The van der Waals surface area contributed by atoms with E-state index in [0.29, 0.717) is 5.92 Å². The van der Waals surface area contributed by atoms with Crippen molar-refractivity contribution in [3.63, 3.8) is 0 Å². The fraction of sp³-hybridized carbons (Fsp3) is 0.917. The lowest BCUT2D eigenvalue weighted by atomic mass is 9.81. The second-order valence-electron chi connectivity index (χ2n) is 5.42. The first-order chi connectivity index (χ1) is 7.43. The molecule has 2 N–H and O–H groups in total. The zero-order chi connectivity index (χ0) is 12.2. The van der Waals surface area contributed by atoms with E-state index in [1.54, 1.807) is 0 Å². The van der Waals surface area contributed by atoms with E-state index in [0.717, 1.165) is 25.6 Å². The van der Waals surface area contributed by atoms with E-state index in [1.165, 1.54) is 11.5 Å². The summed E-state index contributed by atoms with van der Waals surface area (Å²) in [6, 6.07) is 0. The molecule has 0 radical (unpaired) electrons. The van der Waals surface area contributed by atoms with E-state index < -0.39 is 0 Å². The summed E-state index contributed by atoms with van der Waals surface area (Å²) in [5.74, 6) is 3.70. The van der Waals surface area contributed by atoms with Crippen molar-refractivity contribution in [3.8, 4) is 0 Å². The second kappa shape index (κ2) is 5.80. The second-order valence-corrected chi connectivity index (χ2v) is 6.64. The van der Waals surface area contributed by atoms with Crippen LogP contribution in [0.3, 0.4) is 0 Å². The smallest absolute Gasteiger partial charge is 0.191 e. The van der Waals surface area contributed by atoms with Gasteiger partial charge in [0.25, 0.3) is 0 Å². The maximum absolute atomic E-state index is 6.02. The molecule has 1 heterocycles. The quantitative estimate of drug-likeness (QED) is 0.609.